The van der Waals surface area contributed by atoms with Gasteiger partial charge in [-0.15, -0.1) is 0 Å². The number of benzene rings is 4. The average molecular weight is 665 g/mol. The van der Waals surface area contributed by atoms with Gasteiger partial charge in [0.15, 0.2) is 0 Å². The van der Waals surface area contributed by atoms with Gasteiger partial charge in [-0.25, -0.2) is 0 Å². The molecule has 9 aromatic rings. The van der Waals surface area contributed by atoms with Gasteiger partial charge in [0.1, 0.15) is 0 Å². The summed E-state index contributed by atoms with van der Waals surface area (Å²) in [7, 11) is 0. The lowest BCUT2D eigenvalue weighted by molar-refractivity contribution is 0.946. The van der Waals surface area contributed by atoms with Gasteiger partial charge in [-0.3, -0.25) is 15.1 Å². The Bertz CT molecular complexity index is 2760. The fraction of sp³-hybridized carbons (Fsp3) is 0.0930. The van der Waals surface area contributed by atoms with Crippen molar-refractivity contribution in [1.29, 1.82) is 0 Å². The van der Waals surface area contributed by atoms with Crippen LogP contribution in [0.15, 0.2) is 129 Å². The van der Waals surface area contributed by atoms with E-state index in [2.05, 4.69) is 127 Å². The van der Waals surface area contributed by atoms with Crippen LogP contribution in [-0.2, 0) is 12.8 Å². The number of rotatable bonds is 4. The monoisotopic (exact) mass is 664 g/mol. The van der Waals surface area contributed by atoms with Gasteiger partial charge < -0.3 is 20.6 Å². The maximum Gasteiger partial charge on any atom is 0.0645 e. The second-order valence-electron chi connectivity index (χ2n) is 13.1. The maximum atomic E-state index is 4.62. The number of aromatic amines is 1. The summed E-state index contributed by atoms with van der Waals surface area (Å²) < 4.78 is 4.71. The molecule has 0 atom stereocenters. The molecule has 0 fully saturated rings. The number of nitrogens with one attached hydrogen (secondary N) is 1. The number of allylic oxidation sites excluding steroid dienone is 1. The van der Waals surface area contributed by atoms with Crippen molar-refractivity contribution in [3.8, 4) is 33.6 Å². The second kappa shape index (κ2) is 12.2. The maximum absolute atomic E-state index is 4.62. The summed E-state index contributed by atoms with van der Waals surface area (Å²) in [4.78, 5) is 8.99. The Kier molecular flexibility index (Phi) is 7.35. The standard InChI is InChI=1S/C42H30N6.CH6N2/c1-25(2)26-9-11-39-35(15-26)37-17-28-7-8-29-18-38-36-16-27(30-21-45-46-22-30)10-12-40(36)48(32-6-4-14-44-24-32)42(38)20-34(29)33(28)19-41(37)47(39)31-5-3-13-43-23-31;2-1-3/h3-6,9-24H,1,7-8H2,2H3,(H,45,46);1-3H2. The third-order valence-electron chi connectivity index (χ3n) is 10.1. The molecule has 8 nitrogen and oxygen atoms in total. The van der Waals surface area contributed by atoms with E-state index in [0.29, 0.717) is 0 Å². The van der Waals surface area contributed by atoms with E-state index in [1.807, 2.05) is 49.3 Å². The van der Waals surface area contributed by atoms with Crippen molar-refractivity contribution in [2.75, 3.05) is 6.67 Å². The van der Waals surface area contributed by atoms with Crippen LogP contribution < -0.4 is 11.5 Å². The highest BCUT2D eigenvalue weighted by Crippen LogP contribution is 2.44. The van der Waals surface area contributed by atoms with Crippen molar-refractivity contribution in [2.45, 2.75) is 19.8 Å². The summed E-state index contributed by atoms with van der Waals surface area (Å²) in [6.45, 7) is 6.56. The minimum Gasteiger partial charge on any atom is -0.319 e. The third kappa shape index (κ3) is 4.95. The molecule has 5 aromatic heterocycles. The van der Waals surface area contributed by atoms with E-state index in [1.165, 1.54) is 60.3 Å². The summed E-state index contributed by atoms with van der Waals surface area (Å²) in [5.41, 5.74) is 25.8. The molecule has 1 aliphatic carbocycles. The molecule has 10 rings (SSSR count). The van der Waals surface area contributed by atoms with Crippen molar-refractivity contribution in [1.82, 2.24) is 29.3 Å². The molecule has 5 heterocycles. The molecule has 0 spiro atoms. The van der Waals surface area contributed by atoms with Gasteiger partial charge in [0.25, 0.3) is 0 Å². The van der Waals surface area contributed by atoms with Crippen molar-refractivity contribution >= 4 is 49.2 Å². The zero-order valence-electron chi connectivity index (χ0n) is 28.3. The SMILES string of the molecule is C=C(C)c1ccc2c(c1)c1cc3c(cc1n2-c1cccnc1)-c1cc2c(cc1CC3)c1cc(-c3cn[nH]c3)ccc1n2-c1cccnc1.NCN. The lowest BCUT2D eigenvalue weighted by Crippen LogP contribution is -2.08. The van der Waals surface area contributed by atoms with Gasteiger partial charge in [0.05, 0.1) is 52.0 Å². The topological polar surface area (TPSA) is 116 Å². The van der Waals surface area contributed by atoms with Gasteiger partial charge in [0.2, 0.25) is 0 Å². The van der Waals surface area contributed by atoms with E-state index < -0.39 is 0 Å². The first-order valence-corrected chi connectivity index (χ1v) is 17.1. The van der Waals surface area contributed by atoms with E-state index in [0.717, 1.165) is 52.0 Å². The van der Waals surface area contributed by atoms with Crippen molar-refractivity contribution in [3.05, 3.63) is 145 Å². The lowest BCUT2D eigenvalue weighted by Gasteiger charge is -2.21. The van der Waals surface area contributed by atoms with Gasteiger partial charge >= 0.3 is 0 Å². The molecule has 51 heavy (non-hydrogen) atoms. The summed E-state index contributed by atoms with van der Waals surface area (Å²) in [6, 6.07) is 31.4. The zero-order valence-corrected chi connectivity index (χ0v) is 28.3. The minimum atomic E-state index is 0.250. The molecule has 5 N–H and O–H groups in total. The Morgan fingerprint density at radius 2 is 1.22 bits per heavy atom. The molecule has 0 bridgehead atoms. The smallest absolute Gasteiger partial charge is 0.0645 e. The van der Waals surface area contributed by atoms with Crippen LogP contribution in [0.1, 0.15) is 23.6 Å². The molecule has 0 amide bonds. The largest absolute Gasteiger partial charge is 0.319 e. The number of aromatic nitrogens is 6. The van der Waals surface area contributed by atoms with Crippen molar-refractivity contribution in [2.24, 2.45) is 11.5 Å². The van der Waals surface area contributed by atoms with Gasteiger partial charge in [-0.05, 0) is 126 Å². The van der Waals surface area contributed by atoms with E-state index in [4.69, 9.17) is 0 Å². The number of aryl methyl sites for hydroxylation is 2. The fourth-order valence-corrected chi connectivity index (χ4v) is 7.79. The van der Waals surface area contributed by atoms with Crippen molar-refractivity contribution < 1.29 is 0 Å². The molecular weight excluding hydrogens is 629 g/mol. The van der Waals surface area contributed by atoms with Gasteiger partial charge in [0, 0.05) is 52.4 Å². The van der Waals surface area contributed by atoms with Crippen LogP contribution in [0.2, 0.25) is 0 Å². The fourth-order valence-electron chi connectivity index (χ4n) is 7.79. The number of nitrogens with zero attached hydrogens (tertiary/aromatic N) is 5. The first-order valence-electron chi connectivity index (χ1n) is 17.1. The number of hydrogen-bond acceptors (Lipinski definition) is 5. The van der Waals surface area contributed by atoms with Crippen LogP contribution in [0, 0.1) is 0 Å². The summed E-state index contributed by atoms with van der Waals surface area (Å²) in [5, 5.41) is 12.1. The molecule has 0 radical (unpaired) electrons. The number of pyridine rings is 2. The normalized spacial score (nSPS) is 12.2. The highest BCUT2D eigenvalue weighted by Gasteiger charge is 2.24. The van der Waals surface area contributed by atoms with Crippen LogP contribution >= 0.6 is 0 Å². The van der Waals surface area contributed by atoms with E-state index >= 15 is 0 Å². The predicted molar refractivity (Wildman–Crippen MR) is 209 cm³/mol. The van der Waals surface area contributed by atoms with Gasteiger partial charge in [-0.1, -0.05) is 24.3 Å². The second-order valence-corrected chi connectivity index (χ2v) is 13.1. The van der Waals surface area contributed by atoms with Crippen LogP contribution in [-0.4, -0.2) is 36.0 Å². The Balaban J connectivity index is 0.00000112. The number of nitrogens with two attached hydrogens (primary N) is 2. The lowest BCUT2D eigenvalue weighted by atomic mass is 9.84. The third-order valence-corrected chi connectivity index (χ3v) is 10.1. The quantitative estimate of drug-likeness (QED) is 0.163. The number of fused-ring (bicyclic) bond motifs is 9. The Hall–Kier alpha value is -6.35. The first kappa shape index (κ1) is 30.7. The summed E-state index contributed by atoms with van der Waals surface area (Å²) in [6.07, 6.45) is 13.4. The molecule has 4 aromatic carbocycles. The molecular formula is C43H36N8. The van der Waals surface area contributed by atoms with E-state index in [9.17, 15) is 0 Å². The predicted octanol–water partition coefficient (Wildman–Crippen LogP) is 8.72. The minimum absolute atomic E-state index is 0.250. The first-order chi connectivity index (χ1) is 25.0. The summed E-state index contributed by atoms with van der Waals surface area (Å²) >= 11 is 0. The van der Waals surface area contributed by atoms with Crippen LogP contribution in [0.3, 0.4) is 0 Å². The molecule has 0 aliphatic heterocycles. The van der Waals surface area contributed by atoms with Crippen LogP contribution in [0.25, 0.3) is 82.8 Å². The zero-order chi connectivity index (χ0) is 34.6. The van der Waals surface area contributed by atoms with E-state index in [-0.39, 0.29) is 6.67 Å². The Labute approximate surface area is 294 Å². The van der Waals surface area contributed by atoms with Crippen LogP contribution in [0.4, 0.5) is 0 Å². The number of hydrogen-bond donors (Lipinski definition) is 3. The average Bonchev–Trinajstić information content (AvgIpc) is 3.89. The van der Waals surface area contributed by atoms with Gasteiger partial charge in [-0.2, -0.15) is 5.10 Å². The molecule has 248 valence electrons. The molecule has 0 saturated carbocycles. The van der Waals surface area contributed by atoms with Crippen molar-refractivity contribution in [3.63, 3.8) is 0 Å². The van der Waals surface area contributed by atoms with E-state index in [1.54, 1.807) is 0 Å². The Morgan fingerprint density at radius 3 is 1.73 bits per heavy atom. The van der Waals surface area contributed by atoms with Crippen LogP contribution in [0.5, 0.6) is 0 Å². The highest BCUT2D eigenvalue weighted by atomic mass is 15.1. The number of H-pyrrole nitrogens is 1. The molecule has 0 saturated heterocycles. The molecule has 0 unspecified atom stereocenters. The Morgan fingerprint density at radius 1 is 0.667 bits per heavy atom. The summed E-state index contributed by atoms with van der Waals surface area (Å²) in [5.74, 6) is 0. The molecule has 8 heteroatoms. The highest BCUT2D eigenvalue weighted by molar-refractivity contribution is 6.14. The molecule has 1 aliphatic rings.